The second-order valence-electron chi connectivity index (χ2n) is 6.35. The fraction of sp³-hybridized carbons (Fsp3) is 0.588. The number of amides is 1. The van der Waals surface area contributed by atoms with Gasteiger partial charge in [-0.1, -0.05) is 0 Å². The van der Waals surface area contributed by atoms with Crippen molar-refractivity contribution in [1.29, 1.82) is 0 Å². The Bertz CT molecular complexity index is 757. The van der Waals surface area contributed by atoms with E-state index < -0.39 is 10.0 Å². The molecule has 1 aliphatic heterocycles. The Hall–Kier alpha value is -2.00. The number of hydrogen-bond acceptors (Lipinski definition) is 6. The highest BCUT2D eigenvalue weighted by molar-refractivity contribution is 7.90. The maximum atomic E-state index is 12.8. The number of piperazine rings is 1. The molecule has 0 spiro atoms. The second-order valence-corrected chi connectivity index (χ2v) is 8.56. The zero-order valence-corrected chi connectivity index (χ0v) is 16.0. The van der Waals surface area contributed by atoms with Crippen LogP contribution >= 0.6 is 0 Å². The van der Waals surface area contributed by atoms with Crippen molar-refractivity contribution in [3.63, 3.8) is 0 Å². The Morgan fingerprint density at radius 1 is 0.962 bits per heavy atom. The van der Waals surface area contributed by atoms with Crippen LogP contribution in [0.15, 0.2) is 12.1 Å². The minimum atomic E-state index is -3.19. The summed E-state index contributed by atoms with van der Waals surface area (Å²) < 4.78 is 42.0. The van der Waals surface area contributed by atoms with Crippen LogP contribution in [0, 0.1) is 0 Å². The van der Waals surface area contributed by atoms with Crippen LogP contribution in [0.3, 0.4) is 0 Å². The third kappa shape index (κ3) is 3.45. The van der Waals surface area contributed by atoms with Crippen LogP contribution in [-0.2, 0) is 10.0 Å². The summed E-state index contributed by atoms with van der Waals surface area (Å²) in [6, 6.07) is 3.22. The molecule has 1 saturated carbocycles. The summed E-state index contributed by atoms with van der Waals surface area (Å²) in [7, 11) is 1.29. The van der Waals surface area contributed by atoms with E-state index in [1.54, 1.807) is 17.0 Å². The van der Waals surface area contributed by atoms with Crippen molar-refractivity contribution in [3.05, 3.63) is 17.7 Å². The van der Waals surface area contributed by atoms with E-state index in [0.29, 0.717) is 49.0 Å². The maximum Gasteiger partial charge on any atom is 0.254 e. The highest BCUT2D eigenvalue weighted by Gasteiger charge is 2.41. The van der Waals surface area contributed by atoms with Gasteiger partial charge in [0.25, 0.3) is 5.91 Å². The van der Waals surface area contributed by atoms with Gasteiger partial charge in [0.1, 0.15) is 0 Å². The van der Waals surface area contributed by atoms with E-state index in [2.05, 4.69) is 0 Å². The molecule has 0 bridgehead atoms. The zero-order valence-electron chi connectivity index (χ0n) is 15.2. The first-order valence-corrected chi connectivity index (χ1v) is 10.0. The largest absolute Gasteiger partial charge is 0.493 e. The maximum absolute atomic E-state index is 12.8. The van der Waals surface area contributed by atoms with Crippen LogP contribution in [0.4, 0.5) is 0 Å². The zero-order chi connectivity index (χ0) is 18.9. The van der Waals surface area contributed by atoms with Gasteiger partial charge in [-0.3, -0.25) is 4.79 Å². The monoisotopic (exact) mass is 384 g/mol. The number of nitrogens with zero attached hydrogens (tertiary/aromatic N) is 2. The SMILES string of the molecule is COc1cc(C(=O)N2CCN(S(=O)(=O)C3CC3)CC2)cc(OC)c1OC. The molecule has 2 aliphatic rings. The number of sulfonamides is 1. The van der Waals surface area contributed by atoms with Gasteiger partial charge in [0.05, 0.1) is 26.6 Å². The van der Waals surface area contributed by atoms with E-state index in [1.807, 2.05) is 0 Å². The van der Waals surface area contributed by atoms with Crippen LogP contribution in [0.5, 0.6) is 17.2 Å². The van der Waals surface area contributed by atoms with Crippen molar-refractivity contribution in [2.24, 2.45) is 0 Å². The number of carbonyl (C=O) groups is 1. The Labute approximate surface area is 153 Å². The molecule has 0 atom stereocenters. The average Bonchev–Trinajstić information content (AvgIpc) is 3.52. The number of ether oxygens (including phenoxy) is 3. The molecule has 1 heterocycles. The third-order valence-corrected chi connectivity index (χ3v) is 7.14. The normalized spacial score (nSPS) is 18.5. The Morgan fingerprint density at radius 2 is 1.50 bits per heavy atom. The summed E-state index contributed by atoms with van der Waals surface area (Å²) in [6.45, 7) is 1.38. The van der Waals surface area contributed by atoms with Gasteiger partial charge in [-0.05, 0) is 25.0 Å². The van der Waals surface area contributed by atoms with Crippen LogP contribution in [0.25, 0.3) is 0 Å². The molecule has 8 nitrogen and oxygen atoms in total. The molecule has 0 unspecified atom stereocenters. The lowest BCUT2D eigenvalue weighted by Crippen LogP contribution is -2.51. The van der Waals surface area contributed by atoms with Crippen molar-refractivity contribution < 1.29 is 27.4 Å². The van der Waals surface area contributed by atoms with Crippen LogP contribution in [-0.4, -0.2) is 76.3 Å². The molecule has 0 radical (unpaired) electrons. The molecule has 0 N–H and O–H groups in total. The van der Waals surface area contributed by atoms with E-state index in [1.165, 1.54) is 25.6 Å². The molecule has 1 amide bonds. The first kappa shape index (κ1) is 18.8. The molecule has 2 fully saturated rings. The number of rotatable bonds is 6. The molecule has 1 aliphatic carbocycles. The second kappa shape index (κ2) is 7.32. The topological polar surface area (TPSA) is 85.4 Å². The lowest BCUT2D eigenvalue weighted by molar-refractivity contribution is 0.0697. The number of hydrogen-bond donors (Lipinski definition) is 0. The van der Waals surface area contributed by atoms with E-state index in [0.717, 1.165) is 12.8 Å². The Balaban J connectivity index is 1.74. The molecule has 1 saturated heterocycles. The van der Waals surface area contributed by atoms with Crippen LogP contribution in [0.2, 0.25) is 0 Å². The molecule has 3 rings (SSSR count). The molecule has 0 aromatic heterocycles. The van der Waals surface area contributed by atoms with Crippen molar-refractivity contribution in [3.8, 4) is 17.2 Å². The lowest BCUT2D eigenvalue weighted by Gasteiger charge is -2.34. The molecular formula is C17H24N2O6S. The number of benzene rings is 1. The van der Waals surface area contributed by atoms with E-state index >= 15 is 0 Å². The van der Waals surface area contributed by atoms with Crippen molar-refractivity contribution >= 4 is 15.9 Å². The molecule has 1 aromatic rings. The molecule has 9 heteroatoms. The van der Waals surface area contributed by atoms with Gasteiger partial charge in [-0.15, -0.1) is 0 Å². The highest BCUT2D eigenvalue weighted by Crippen LogP contribution is 2.38. The van der Waals surface area contributed by atoms with E-state index in [-0.39, 0.29) is 11.2 Å². The van der Waals surface area contributed by atoms with E-state index in [9.17, 15) is 13.2 Å². The predicted octanol–water partition coefficient (Wildman–Crippen LogP) is 0.962. The van der Waals surface area contributed by atoms with Crippen molar-refractivity contribution in [1.82, 2.24) is 9.21 Å². The van der Waals surface area contributed by atoms with Gasteiger partial charge >= 0.3 is 0 Å². The molecule has 26 heavy (non-hydrogen) atoms. The standard InChI is InChI=1S/C17H24N2O6S/c1-23-14-10-12(11-15(24-2)16(14)25-3)17(20)18-6-8-19(9-7-18)26(21,22)13-4-5-13/h10-11,13H,4-9H2,1-3H3. The fourth-order valence-corrected chi connectivity index (χ4v) is 4.94. The summed E-state index contributed by atoms with van der Waals surface area (Å²) in [5, 5.41) is -0.222. The summed E-state index contributed by atoms with van der Waals surface area (Å²) in [6.07, 6.45) is 1.49. The smallest absolute Gasteiger partial charge is 0.254 e. The van der Waals surface area contributed by atoms with Crippen LogP contribution < -0.4 is 14.2 Å². The minimum Gasteiger partial charge on any atom is -0.493 e. The summed E-state index contributed by atoms with van der Waals surface area (Å²) in [5.41, 5.74) is 0.415. The van der Waals surface area contributed by atoms with Crippen molar-refractivity contribution in [2.45, 2.75) is 18.1 Å². The average molecular weight is 384 g/mol. The molecule has 1 aromatic carbocycles. The fourth-order valence-electron chi connectivity index (χ4n) is 3.11. The third-order valence-electron chi connectivity index (χ3n) is 4.74. The summed E-state index contributed by atoms with van der Waals surface area (Å²) >= 11 is 0. The first-order chi connectivity index (χ1) is 12.4. The van der Waals surface area contributed by atoms with Crippen molar-refractivity contribution in [2.75, 3.05) is 47.5 Å². The predicted molar refractivity (Wildman–Crippen MR) is 95.5 cm³/mol. The van der Waals surface area contributed by atoms with Gasteiger partial charge in [0.15, 0.2) is 11.5 Å². The van der Waals surface area contributed by atoms with Crippen LogP contribution in [0.1, 0.15) is 23.2 Å². The lowest BCUT2D eigenvalue weighted by atomic mass is 10.1. The van der Waals surface area contributed by atoms with Gasteiger partial charge in [0, 0.05) is 31.7 Å². The van der Waals surface area contributed by atoms with Gasteiger partial charge < -0.3 is 19.1 Å². The Kier molecular flexibility index (Phi) is 5.29. The molecule has 144 valence electrons. The first-order valence-electron chi connectivity index (χ1n) is 8.50. The summed E-state index contributed by atoms with van der Waals surface area (Å²) in [5.74, 6) is 1.05. The summed E-state index contributed by atoms with van der Waals surface area (Å²) in [4.78, 5) is 14.5. The Morgan fingerprint density at radius 3 is 1.92 bits per heavy atom. The molecular weight excluding hydrogens is 360 g/mol. The van der Waals surface area contributed by atoms with Gasteiger partial charge in [-0.2, -0.15) is 4.31 Å². The minimum absolute atomic E-state index is 0.187. The van der Waals surface area contributed by atoms with Gasteiger partial charge in [0.2, 0.25) is 15.8 Å². The van der Waals surface area contributed by atoms with Gasteiger partial charge in [-0.25, -0.2) is 8.42 Å². The number of carbonyl (C=O) groups excluding carboxylic acids is 1. The highest BCUT2D eigenvalue weighted by atomic mass is 32.2. The quantitative estimate of drug-likeness (QED) is 0.726. The van der Waals surface area contributed by atoms with E-state index in [4.69, 9.17) is 14.2 Å². The number of methoxy groups -OCH3 is 3.